The van der Waals surface area contributed by atoms with Gasteiger partial charge in [0.25, 0.3) is 5.91 Å². The number of aliphatic hydroxyl groups is 1. The number of anilines is 1. The SMILES string of the molecule is CC[C@@H](COC)S(=O)(=O)c1ccc(/C(=N\O[C@@H]2CC[C@@H](O)C2)C(=O)Nc2ncc(C)s2)cc1. The standard InChI is InChI=1S/C22H29N3O6S2/c1-4-18(13-30-3)33(28,29)19-9-5-15(6-10-19)20(25-31-17-8-7-16(26)11-17)21(27)24-22-23-12-14(2)32-22/h5-6,9-10,12,16-18,26H,4,7-8,11,13H2,1-3H3,(H,23,24,27)/b25-20+/t16-,17-,18+/m1/s1. The molecule has 1 aliphatic rings. The van der Waals surface area contributed by atoms with E-state index in [-0.39, 0.29) is 23.3 Å². The van der Waals surface area contributed by atoms with Crippen LogP contribution in [-0.4, -0.2) is 61.3 Å². The van der Waals surface area contributed by atoms with E-state index in [1.54, 1.807) is 13.1 Å². The Hall–Kier alpha value is -2.34. The van der Waals surface area contributed by atoms with Crippen molar-refractivity contribution in [1.82, 2.24) is 4.98 Å². The molecule has 0 aliphatic heterocycles. The summed E-state index contributed by atoms with van der Waals surface area (Å²) in [6, 6.07) is 5.98. The molecule has 0 radical (unpaired) electrons. The molecule has 3 atom stereocenters. The van der Waals surface area contributed by atoms with Crippen LogP contribution in [0, 0.1) is 6.92 Å². The third-order valence-corrected chi connectivity index (χ3v) is 8.51. The van der Waals surface area contributed by atoms with Crippen LogP contribution in [0.25, 0.3) is 0 Å². The molecule has 0 saturated heterocycles. The topological polar surface area (TPSA) is 127 Å². The van der Waals surface area contributed by atoms with Crippen molar-refractivity contribution in [1.29, 1.82) is 0 Å². The zero-order valence-electron chi connectivity index (χ0n) is 18.9. The van der Waals surface area contributed by atoms with E-state index in [1.807, 2.05) is 6.92 Å². The predicted molar refractivity (Wildman–Crippen MR) is 126 cm³/mol. The zero-order chi connectivity index (χ0) is 24.0. The Balaban J connectivity index is 1.86. The van der Waals surface area contributed by atoms with Crippen molar-refractivity contribution in [3.8, 4) is 0 Å². The Bertz CT molecular complexity index is 1080. The van der Waals surface area contributed by atoms with Gasteiger partial charge in [-0.05, 0) is 38.3 Å². The smallest absolute Gasteiger partial charge is 0.280 e. The number of rotatable bonds is 10. The number of methoxy groups -OCH3 is 1. The molecule has 33 heavy (non-hydrogen) atoms. The highest BCUT2D eigenvalue weighted by molar-refractivity contribution is 7.92. The summed E-state index contributed by atoms with van der Waals surface area (Å²) >= 11 is 1.33. The average Bonchev–Trinajstić information content (AvgIpc) is 3.39. The number of sulfone groups is 1. The number of aromatic nitrogens is 1. The maximum atomic E-state index is 13.0. The van der Waals surface area contributed by atoms with Crippen LogP contribution in [0.15, 0.2) is 40.5 Å². The number of nitrogens with one attached hydrogen (secondary N) is 1. The molecule has 1 aromatic carbocycles. The number of aryl methyl sites for hydroxylation is 1. The Morgan fingerprint density at radius 1 is 1.33 bits per heavy atom. The lowest BCUT2D eigenvalue weighted by atomic mass is 10.1. The first-order chi connectivity index (χ1) is 15.7. The first kappa shape index (κ1) is 25.3. The molecule has 1 saturated carbocycles. The van der Waals surface area contributed by atoms with E-state index in [0.717, 1.165) is 4.88 Å². The van der Waals surface area contributed by atoms with E-state index >= 15 is 0 Å². The van der Waals surface area contributed by atoms with Crippen LogP contribution in [0.2, 0.25) is 0 Å². The zero-order valence-corrected chi connectivity index (χ0v) is 20.5. The maximum absolute atomic E-state index is 13.0. The minimum absolute atomic E-state index is 0.00266. The lowest BCUT2D eigenvalue weighted by Crippen LogP contribution is -2.26. The molecule has 1 heterocycles. The molecule has 1 fully saturated rings. The number of oxime groups is 1. The van der Waals surface area contributed by atoms with Gasteiger partial charge < -0.3 is 14.7 Å². The van der Waals surface area contributed by atoms with Crippen molar-refractivity contribution < 1.29 is 27.9 Å². The van der Waals surface area contributed by atoms with E-state index in [9.17, 15) is 18.3 Å². The highest BCUT2D eigenvalue weighted by Crippen LogP contribution is 2.24. The molecular formula is C22H29N3O6S2. The summed E-state index contributed by atoms with van der Waals surface area (Å²) in [6.45, 7) is 3.77. The van der Waals surface area contributed by atoms with E-state index in [2.05, 4.69) is 15.5 Å². The van der Waals surface area contributed by atoms with Crippen LogP contribution in [0.1, 0.15) is 43.0 Å². The number of ether oxygens (including phenoxy) is 1. The molecule has 2 N–H and O–H groups in total. The normalized spacial score (nSPS) is 19.9. The summed E-state index contributed by atoms with van der Waals surface area (Å²) < 4.78 is 30.8. The first-order valence-corrected chi connectivity index (χ1v) is 13.1. The Morgan fingerprint density at radius 3 is 2.61 bits per heavy atom. The molecule has 1 amide bonds. The lowest BCUT2D eigenvalue weighted by Gasteiger charge is -2.15. The highest BCUT2D eigenvalue weighted by atomic mass is 32.2. The second kappa shape index (κ2) is 11.2. The first-order valence-electron chi connectivity index (χ1n) is 10.7. The number of amides is 1. The number of benzene rings is 1. The molecule has 3 rings (SSSR count). The summed E-state index contributed by atoms with van der Waals surface area (Å²) in [5.41, 5.74) is 0.398. The van der Waals surface area contributed by atoms with Crippen LogP contribution >= 0.6 is 11.3 Å². The van der Waals surface area contributed by atoms with Gasteiger partial charge in [0, 0.05) is 30.2 Å². The maximum Gasteiger partial charge on any atom is 0.280 e. The summed E-state index contributed by atoms with van der Waals surface area (Å²) in [5.74, 6) is -0.524. The van der Waals surface area contributed by atoms with Gasteiger partial charge in [-0.1, -0.05) is 24.2 Å². The Labute approximate surface area is 197 Å². The summed E-state index contributed by atoms with van der Waals surface area (Å²) in [6.07, 6.45) is 3.04. The van der Waals surface area contributed by atoms with E-state index in [1.165, 1.54) is 42.7 Å². The fourth-order valence-corrected chi connectivity index (χ4v) is 5.86. The van der Waals surface area contributed by atoms with E-state index < -0.39 is 27.1 Å². The van der Waals surface area contributed by atoms with Crippen molar-refractivity contribution in [2.45, 2.75) is 61.9 Å². The molecule has 1 aliphatic carbocycles. The van der Waals surface area contributed by atoms with E-state index in [0.29, 0.717) is 36.4 Å². The molecule has 1 aromatic heterocycles. The average molecular weight is 496 g/mol. The number of thiazole rings is 1. The van der Waals surface area contributed by atoms with Crippen LogP contribution < -0.4 is 5.32 Å². The van der Waals surface area contributed by atoms with Gasteiger partial charge >= 0.3 is 0 Å². The minimum atomic E-state index is -3.59. The second-order valence-corrected chi connectivity index (χ2v) is 11.4. The van der Waals surface area contributed by atoms with Crippen LogP contribution in [0.5, 0.6) is 0 Å². The number of nitrogens with zero attached hydrogens (tertiary/aromatic N) is 2. The molecule has 0 bridgehead atoms. The third-order valence-electron chi connectivity index (χ3n) is 5.41. The monoisotopic (exact) mass is 495 g/mol. The molecular weight excluding hydrogens is 466 g/mol. The van der Waals surface area contributed by atoms with Crippen molar-refractivity contribution in [2.75, 3.05) is 19.0 Å². The van der Waals surface area contributed by atoms with Gasteiger partial charge in [0.05, 0.1) is 22.9 Å². The van der Waals surface area contributed by atoms with Crippen molar-refractivity contribution in [3.63, 3.8) is 0 Å². The highest BCUT2D eigenvalue weighted by Gasteiger charge is 2.28. The molecule has 2 aromatic rings. The molecule has 9 nitrogen and oxygen atoms in total. The quantitative estimate of drug-likeness (QED) is 0.383. The van der Waals surface area contributed by atoms with Crippen LogP contribution in [0.3, 0.4) is 0 Å². The molecule has 11 heteroatoms. The van der Waals surface area contributed by atoms with Gasteiger partial charge in [-0.25, -0.2) is 13.4 Å². The largest absolute Gasteiger partial charge is 0.393 e. The predicted octanol–water partition coefficient (Wildman–Crippen LogP) is 2.92. The van der Waals surface area contributed by atoms with Crippen molar-refractivity contribution in [2.24, 2.45) is 5.16 Å². The number of carbonyl (C=O) groups excluding carboxylic acids is 1. The number of aliphatic hydroxyl groups excluding tert-OH is 1. The molecule has 0 unspecified atom stereocenters. The fraction of sp³-hybridized carbons (Fsp3) is 0.500. The molecule has 0 spiro atoms. The van der Waals surface area contributed by atoms with Gasteiger partial charge in [0.2, 0.25) is 0 Å². The van der Waals surface area contributed by atoms with Crippen molar-refractivity contribution >= 4 is 37.9 Å². The number of carbonyl (C=O) groups is 1. The summed E-state index contributed by atoms with van der Waals surface area (Å²) in [7, 11) is -2.12. The number of hydrogen-bond donors (Lipinski definition) is 2. The Kier molecular flexibility index (Phi) is 8.57. The van der Waals surface area contributed by atoms with Gasteiger partial charge in [0.15, 0.2) is 20.7 Å². The second-order valence-electron chi connectivity index (χ2n) is 7.92. The summed E-state index contributed by atoms with van der Waals surface area (Å²) in [5, 5.41) is 16.3. The van der Waals surface area contributed by atoms with Crippen LogP contribution in [0.4, 0.5) is 5.13 Å². The summed E-state index contributed by atoms with van der Waals surface area (Å²) in [4.78, 5) is 23.8. The lowest BCUT2D eigenvalue weighted by molar-refractivity contribution is -0.110. The minimum Gasteiger partial charge on any atom is -0.393 e. The third kappa shape index (κ3) is 6.38. The van der Waals surface area contributed by atoms with Gasteiger partial charge in [-0.3, -0.25) is 10.1 Å². The van der Waals surface area contributed by atoms with Crippen molar-refractivity contribution in [3.05, 3.63) is 40.9 Å². The molecule has 180 valence electrons. The van der Waals surface area contributed by atoms with Gasteiger partial charge in [-0.2, -0.15) is 0 Å². The number of hydrogen-bond acceptors (Lipinski definition) is 9. The van der Waals surface area contributed by atoms with Crippen LogP contribution in [-0.2, 0) is 24.2 Å². The van der Waals surface area contributed by atoms with Gasteiger partial charge in [0.1, 0.15) is 6.10 Å². The van der Waals surface area contributed by atoms with E-state index in [4.69, 9.17) is 9.57 Å². The fourth-order valence-electron chi connectivity index (χ4n) is 3.54. The van der Waals surface area contributed by atoms with Gasteiger partial charge in [-0.15, -0.1) is 11.3 Å². The Morgan fingerprint density at radius 2 is 2.06 bits per heavy atom.